The van der Waals surface area contributed by atoms with Crippen LogP contribution < -0.4 is 0 Å². The third kappa shape index (κ3) is 1.19. The van der Waals surface area contributed by atoms with Crippen molar-refractivity contribution in [2.24, 2.45) is 11.8 Å². The summed E-state index contributed by atoms with van der Waals surface area (Å²) in [6.45, 7) is 0.121. The molecular formula is C7H10O2. The summed E-state index contributed by atoms with van der Waals surface area (Å²) in [6.07, 6.45) is 5.54. The molecule has 2 atom stereocenters. The fourth-order valence-electron chi connectivity index (χ4n) is 1.08. The summed E-state index contributed by atoms with van der Waals surface area (Å²) in [6, 6.07) is 0. The predicted octanol–water partition coefficient (Wildman–Crippen LogP) is 0.370. The van der Waals surface area contributed by atoms with Crippen molar-refractivity contribution in [2.75, 3.05) is 6.61 Å². The predicted molar refractivity (Wildman–Crippen MR) is 33.9 cm³/mol. The maximum absolute atomic E-state index is 10.2. The monoisotopic (exact) mass is 126 g/mol. The molecule has 0 amide bonds. The number of hydrogen-bond donors (Lipinski definition) is 1. The number of hydrogen-bond acceptors (Lipinski definition) is 2. The van der Waals surface area contributed by atoms with Crippen LogP contribution in [0, 0.1) is 11.8 Å². The first kappa shape index (κ1) is 6.49. The second-order valence-corrected chi connectivity index (χ2v) is 2.32. The van der Waals surface area contributed by atoms with E-state index >= 15 is 0 Å². The molecular weight excluding hydrogens is 116 g/mol. The van der Waals surface area contributed by atoms with Gasteiger partial charge in [-0.05, 0) is 12.3 Å². The minimum atomic E-state index is -0.0324. The van der Waals surface area contributed by atoms with Crippen molar-refractivity contribution in [1.82, 2.24) is 0 Å². The van der Waals surface area contributed by atoms with Gasteiger partial charge < -0.3 is 9.90 Å². The molecule has 2 unspecified atom stereocenters. The molecule has 0 spiro atoms. The Hall–Kier alpha value is -0.630. The molecule has 0 aliphatic heterocycles. The van der Waals surface area contributed by atoms with Crippen molar-refractivity contribution in [3.8, 4) is 0 Å². The highest BCUT2D eigenvalue weighted by Crippen LogP contribution is 2.22. The lowest BCUT2D eigenvalue weighted by Crippen LogP contribution is -2.12. The van der Waals surface area contributed by atoms with E-state index in [1.807, 2.05) is 12.2 Å². The van der Waals surface area contributed by atoms with E-state index < -0.39 is 0 Å². The maximum Gasteiger partial charge on any atom is 0.127 e. The largest absolute Gasteiger partial charge is 0.396 e. The zero-order valence-corrected chi connectivity index (χ0v) is 5.16. The zero-order valence-electron chi connectivity index (χ0n) is 5.16. The minimum Gasteiger partial charge on any atom is -0.396 e. The number of aliphatic hydroxyl groups excluding tert-OH is 1. The number of aldehydes is 1. The van der Waals surface area contributed by atoms with Crippen LogP contribution in [-0.4, -0.2) is 18.0 Å². The molecule has 0 saturated heterocycles. The van der Waals surface area contributed by atoms with Gasteiger partial charge in [0.1, 0.15) is 6.29 Å². The Morgan fingerprint density at radius 3 is 3.00 bits per heavy atom. The van der Waals surface area contributed by atoms with Gasteiger partial charge in [-0.1, -0.05) is 12.2 Å². The molecule has 2 heteroatoms. The van der Waals surface area contributed by atoms with Crippen molar-refractivity contribution in [1.29, 1.82) is 0 Å². The topological polar surface area (TPSA) is 37.3 Å². The van der Waals surface area contributed by atoms with E-state index in [0.717, 1.165) is 12.7 Å². The molecule has 2 nitrogen and oxygen atoms in total. The SMILES string of the molecule is O=CC1C=CCC1CO. The molecule has 0 saturated carbocycles. The first-order chi connectivity index (χ1) is 4.38. The van der Waals surface area contributed by atoms with Gasteiger partial charge in [-0.15, -0.1) is 0 Å². The molecule has 9 heavy (non-hydrogen) atoms. The van der Waals surface area contributed by atoms with Crippen molar-refractivity contribution >= 4 is 6.29 Å². The van der Waals surface area contributed by atoms with Gasteiger partial charge in [0.15, 0.2) is 0 Å². The van der Waals surface area contributed by atoms with Crippen molar-refractivity contribution in [2.45, 2.75) is 6.42 Å². The molecule has 0 aromatic heterocycles. The van der Waals surface area contributed by atoms with E-state index in [-0.39, 0.29) is 18.4 Å². The Morgan fingerprint density at radius 1 is 1.78 bits per heavy atom. The number of carbonyl (C=O) groups is 1. The fourth-order valence-corrected chi connectivity index (χ4v) is 1.08. The van der Waals surface area contributed by atoms with Crippen molar-refractivity contribution in [3.05, 3.63) is 12.2 Å². The Labute approximate surface area is 54.2 Å². The van der Waals surface area contributed by atoms with Crippen LogP contribution in [0.2, 0.25) is 0 Å². The lowest BCUT2D eigenvalue weighted by Gasteiger charge is -2.08. The molecule has 0 aromatic rings. The maximum atomic E-state index is 10.2. The van der Waals surface area contributed by atoms with Crippen LogP contribution >= 0.6 is 0 Å². The molecule has 0 heterocycles. The zero-order chi connectivity index (χ0) is 6.69. The first-order valence-electron chi connectivity index (χ1n) is 3.11. The van der Waals surface area contributed by atoms with Gasteiger partial charge in [-0.25, -0.2) is 0 Å². The van der Waals surface area contributed by atoms with E-state index in [1.165, 1.54) is 0 Å². The molecule has 0 aromatic carbocycles. The van der Waals surface area contributed by atoms with Gasteiger partial charge in [-0.3, -0.25) is 0 Å². The number of carbonyl (C=O) groups excluding carboxylic acids is 1. The van der Waals surface area contributed by atoms with E-state index in [9.17, 15) is 4.79 Å². The Kier molecular flexibility index (Phi) is 2.01. The number of allylic oxidation sites excluding steroid dienone is 2. The van der Waals surface area contributed by atoms with E-state index in [4.69, 9.17) is 5.11 Å². The molecule has 0 bridgehead atoms. The second kappa shape index (κ2) is 2.78. The molecule has 1 N–H and O–H groups in total. The molecule has 1 aliphatic carbocycles. The summed E-state index contributed by atoms with van der Waals surface area (Å²) in [4.78, 5) is 10.2. The molecule has 1 rings (SSSR count). The van der Waals surface area contributed by atoms with Crippen molar-refractivity contribution in [3.63, 3.8) is 0 Å². The molecule has 50 valence electrons. The van der Waals surface area contributed by atoms with Crippen molar-refractivity contribution < 1.29 is 9.90 Å². The average Bonchev–Trinajstić information content (AvgIpc) is 2.33. The van der Waals surface area contributed by atoms with Crippen LogP contribution in [0.1, 0.15) is 6.42 Å². The Balaban J connectivity index is 2.48. The third-order valence-corrected chi connectivity index (χ3v) is 1.73. The molecule has 0 radical (unpaired) electrons. The second-order valence-electron chi connectivity index (χ2n) is 2.32. The highest BCUT2D eigenvalue weighted by molar-refractivity contribution is 5.58. The fraction of sp³-hybridized carbons (Fsp3) is 0.571. The van der Waals surface area contributed by atoms with Gasteiger partial charge in [0.25, 0.3) is 0 Å². The van der Waals surface area contributed by atoms with Crippen LogP contribution in [0.4, 0.5) is 0 Å². The first-order valence-corrected chi connectivity index (χ1v) is 3.11. The minimum absolute atomic E-state index is 0.0324. The van der Waals surface area contributed by atoms with Gasteiger partial charge in [0.05, 0.1) is 0 Å². The standard InChI is InChI=1S/C7H10O2/c8-4-6-2-1-3-7(6)5-9/h1-2,4,6-7,9H,3,5H2. The summed E-state index contributed by atoms with van der Waals surface area (Å²) in [5, 5.41) is 8.67. The van der Waals surface area contributed by atoms with Crippen LogP contribution in [0.5, 0.6) is 0 Å². The Bertz CT molecular complexity index is 129. The van der Waals surface area contributed by atoms with E-state index in [0.29, 0.717) is 0 Å². The lowest BCUT2D eigenvalue weighted by atomic mass is 9.98. The summed E-state index contributed by atoms with van der Waals surface area (Å²) in [5.74, 6) is 0.123. The smallest absolute Gasteiger partial charge is 0.127 e. The summed E-state index contributed by atoms with van der Waals surface area (Å²) in [7, 11) is 0. The summed E-state index contributed by atoms with van der Waals surface area (Å²) < 4.78 is 0. The molecule has 1 aliphatic rings. The average molecular weight is 126 g/mol. The lowest BCUT2D eigenvalue weighted by molar-refractivity contribution is -0.111. The van der Waals surface area contributed by atoms with Gasteiger partial charge >= 0.3 is 0 Å². The summed E-state index contributed by atoms with van der Waals surface area (Å²) >= 11 is 0. The van der Waals surface area contributed by atoms with Crippen LogP contribution in [0.3, 0.4) is 0 Å². The number of rotatable bonds is 2. The normalized spacial score (nSPS) is 33.0. The van der Waals surface area contributed by atoms with Crippen LogP contribution in [0.25, 0.3) is 0 Å². The van der Waals surface area contributed by atoms with Gasteiger partial charge in [0.2, 0.25) is 0 Å². The Morgan fingerprint density at radius 2 is 2.56 bits per heavy atom. The van der Waals surface area contributed by atoms with Gasteiger partial charge in [0, 0.05) is 12.5 Å². The highest BCUT2D eigenvalue weighted by atomic mass is 16.3. The molecule has 0 fully saturated rings. The summed E-state index contributed by atoms with van der Waals surface area (Å²) in [5.41, 5.74) is 0. The third-order valence-electron chi connectivity index (χ3n) is 1.73. The number of aliphatic hydroxyl groups is 1. The van der Waals surface area contributed by atoms with E-state index in [2.05, 4.69) is 0 Å². The quantitative estimate of drug-likeness (QED) is 0.428. The van der Waals surface area contributed by atoms with E-state index in [1.54, 1.807) is 0 Å². The van der Waals surface area contributed by atoms with Crippen LogP contribution in [0.15, 0.2) is 12.2 Å². The van der Waals surface area contributed by atoms with Crippen LogP contribution in [-0.2, 0) is 4.79 Å². The van der Waals surface area contributed by atoms with Gasteiger partial charge in [-0.2, -0.15) is 0 Å². The highest BCUT2D eigenvalue weighted by Gasteiger charge is 2.20.